The maximum atomic E-state index is 13.5. The number of hydrogen-bond donors (Lipinski definition) is 0. The fourth-order valence-corrected chi connectivity index (χ4v) is 4.60. The highest BCUT2D eigenvalue weighted by Crippen LogP contribution is 2.40. The van der Waals surface area contributed by atoms with E-state index in [1.54, 1.807) is 0 Å². The van der Waals surface area contributed by atoms with Crippen LogP contribution in [0.1, 0.15) is 54.0 Å². The van der Waals surface area contributed by atoms with Crippen molar-refractivity contribution in [2.75, 3.05) is 13.1 Å². The number of likely N-dealkylation sites (tertiary alicyclic amines) is 1. The van der Waals surface area contributed by atoms with Crippen LogP contribution < -0.4 is 0 Å². The van der Waals surface area contributed by atoms with Crippen LogP contribution in [-0.4, -0.2) is 35.8 Å². The van der Waals surface area contributed by atoms with Gasteiger partial charge in [0.15, 0.2) is 0 Å². The first-order chi connectivity index (χ1) is 16.7. The second kappa shape index (κ2) is 9.49. The number of carbonyl (C=O) groups is 2. The van der Waals surface area contributed by atoms with E-state index < -0.39 is 53.3 Å². The normalized spacial score (nSPS) is 22.0. The molecule has 4 nitrogen and oxygen atoms in total. The minimum Gasteiger partial charge on any atom is -0.368 e. The monoisotopic (exact) mass is 517 g/mol. The van der Waals surface area contributed by atoms with Gasteiger partial charge in [0.25, 0.3) is 0 Å². The SMILES string of the molecule is CC(OC1CN(C(=O)C2CC(=O)C2)CC1c1ccc(F)cc1)c1cc(C(F)(F)F)cc(C(F)(F)F)c1. The Morgan fingerprint density at radius 3 is 2.00 bits per heavy atom. The fraction of sp³-hybridized carbons (Fsp3) is 0.440. The van der Waals surface area contributed by atoms with E-state index in [9.17, 15) is 40.3 Å². The summed E-state index contributed by atoms with van der Waals surface area (Å²) in [5, 5.41) is 0. The summed E-state index contributed by atoms with van der Waals surface area (Å²) >= 11 is 0. The Balaban J connectivity index is 1.61. The van der Waals surface area contributed by atoms with Crippen LogP contribution in [0.3, 0.4) is 0 Å². The lowest BCUT2D eigenvalue weighted by Crippen LogP contribution is -2.41. The zero-order chi connectivity index (χ0) is 26.4. The molecule has 0 radical (unpaired) electrons. The Kier molecular flexibility index (Phi) is 6.89. The van der Waals surface area contributed by atoms with E-state index in [1.807, 2.05) is 0 Å². The Labute approximate surface area is 202 Å². The molecule has 2 aromatic carbocycles. The predicted molar refractivity (Wildman–Crippen MR) is 113 cm³/mol. The molecule has 2 fully saturated rings. The molecule has 3 unspecified atom stereocenters. The first-order valence-electron chi connectivity index (χ1n) is 11.2. The average molecular weight is 517 g/mol. The van der Waals surface area contributed by atoms with Crippen LogP contribution in [0.25, 0.3) is 0 Å². The van der Waals surface area contributed by atoms with Crippen molar-refractivity contribution in [3.63, 3.8) is 0 Å². The van der Waals surface area contributed by atoms with Gasteiger partial charge < -0.3 is 9.64 Å². The number of rotatable bonds is 5. The molecule has 0 N–H and O–H groups in total. The first-order valence-corrected chi connectivity index (χ1v) is 11.2. The van der Waals surface area contributed by atoms with E-state index in [2.05, 4.69) is 0 Å². The van der Waals surface area contributed by atoms with Crippen LogP contribution >= 0.6 is 0 Å². The van der Waals surface area contributed by atoms with Crippen LogP contribution in [0.2, 0.25) is 0 Å². The van der Waals surface area contributed by atoms with Crippen molar-refractivity contribution in [2.45, 2.75) is 50.2 Å². The van der Waals surface area contributed by atoms with E-state index in [0.717, 1.165) is 0 Å². The minimum atomic E-state index is -5.00. The zero-order valence-corrected chi connectivity index (χ0v) is 19.0. The molecule has 1 aliphatic carbocycles. The highest BCUT2D eigenvalue weighted by molar-refractivity contribution is 5.96. The van der Waals surface area contributed by atoms with Crippen molar-refractivity contribution >= 4 is 11.7 Å². The molecule has 2 aliphatic rings. The van der Waals surface area contributed by atoms with E-state index in [0.29, 0.717) is 17.7 Å². The van der Waals surface area contributed by atoms with Crippen molar-refractivity contribution < 1.29 is 45.1 Å². The molecular weight excluding hydrogens is 495 g/mol. The third-order valence-corrected chi connectivity index (χ3v) is 6.63. The van der Waals surface area contributed by atoms with Gasteiger partial charge in [-0.2, -0.15) is 26.3 Å². The molecule has 1 saturated carbocycles. The first kappa shape index (κ1) is 26.1. The van der Waals surface area contributed by atoms with Gasteiger partial charge in [-0.3, -0.25) is 9.59 Å². The number of ether oxygens (including phenoxy) is 1. The number of ketones is 1. The molecule has 4 rings (SSSR count). The van der Waals surface area contributed by atoms with Gasteiger partial charge in [-0.15, -0.1) is 0 Å². The maximum absolute atomic E-state index is 13.5. The van der Waals surface area contributed by atoms with Gasteiger partial charge in [-0.1, -0.05) is 12.1 Å². The van der Waals surface area contributed by atoms with Crippen molar-refractivity contribution in [1.82, 2.24) is 4.90 Å². The summed E-state index contributed by atoms with van der Waals surface area (Å²) in [6.07, 6.45) is -11.7. The molecule has 1 aliphatic heterocycles. The van der Waals surface area contributed by atoms with Crippen molar-refractivity contribution in [3.05, 3.63) is 70.5 Å². The molecule has 194 valence electrons. The molecule has 36 heavy (non-hydrogen) atoms. The Morgan fingerprint density at radius 2 is 1.50 bits per heavy atom. The lowest BCUT2D eigenvalue weighted by molar-refractivity contribution is -0.144. The van der Waals surface area contributed by atoms with E-state index in [1.165, 1.54) is 36.1 Å². The highest BCUT2D eigenvalue weighted by Gasteiger charge is 2.43. The number of alkyl halides is 6. The Morgan fingerprint density at radius 1 is 0.944 bits per heavy atom. The van der Waals surface area contributed by atoms with Gasteiger partial charge >= 0.3 is 12.4 Å². The number of amides is 1. The number of hydrogen-bond acceptors (Lipinski definition) is 3. The third kappa shape index (κ3) is 5.55. The van der Waals surface area contributed by atoms with Gasteiger partial charge in [0, 0.05) is 31.8 Å². The summed E-state index contributed by atoms with van der Waals surface area (Å²) in [4.78, 5) is 25.6. The van der Waals surface area contributed by atoms with Crippen LogP contribution in [0.4, 0.5) is 30.7 Å². The molecule has 1 heterocycles. The average Bonchev–Trinajstić information content (AvgIpc) is 3.19. The van der Waals surface area contributed by atoms with Crippen LogP contribution in [0, 0.1) is 11.7 Å². The fourth-order valence-electron chi connectivity index (χ4n) is 4.60. The molecule has 0 bridgehead atoms. The van der Waals surface area contributed by atoms with Crippen LogP contribution in [-0.2, 0) is 26.7 Å². The molecule has 2 aromatic rings. The van der Waals surface area contributed by atoms with Crippen LogP contribution in [0.5, 0.6) is 0 Å². The van der Waals surface area contributed by atoms with Gasteiger partial charge in [0.05, 0.1) is 29.3 Å². The van der Waals surface area contributed by atoms with Crippen molar-refractivity contribution in [3.8, 4) is 0 Å². The molecule has 1 amide bonds. The van der Waals surface area contributed by atoms with Gasteiger partial charge in [-0.25, -0.2) is 4.39 Å². The summed E-state index contributed by atoms with van der Waals surface area (Å²) < 4.78 is 99.2. The lowest BCUT2D eigenvalue weighted by atomic mass is 9.83. The lowest BCUT2D eigenvalue weighted by Gasteiger charge is -2.28. The second-order valence-corrected chi connectivity index (χ2v) is 9.20. The standard InChI is InChI=1S/C25H22F7NO3/c1-13(15-6-17(24(27,28)29)10-18(7-15)25(30,31)32)36-22-12-33(23(35)16-8-20(34)9-16)11-21(22)14-2-4-19(26)5-3-14/h2-7,10,13,16,21-22H,8-9,11-12H2,1H3. The molecule has 11 heteroatoms. The van der Waals surface area contributed by atoms with E-state index in [4.69, 9.17) is 4.74 Å². The van der Waals surface area contributed by atoms with Gasteiger partial charge in [0.2, 0.25) is 5.91 Å². The highest BCUT2D eigenvalue weighted by atomic mass is 19.4. The van der Waals surface area contributed by atoms with E-state index >= 15 is 0 Å². The van der Waals surface area contributed by atoms with Gasteiger partial charge in [-0.05, 0) is 48.4 Å². The third-order valence-electron chi connectivity index (χ3n) is 6.63. The molecule has 0 spiro atoms. The summed E-state index contributed by atoms with van der Waals surface area (Å²) in [6.45, 7) is 1.52. The number of halogens is 7. The predicted octanol–water partition coefficient (Wildman–Crippen LogP) is 5.91. The minimum absolute atomic E-state index is 0.0288. The molecule has 3 atom stereocenters. The maximum Gasteiger partial charge on any atom is 0.416 e. The van der Waals surface area contributed by atoms with Crippen molar-refractivity contribution in [2.24, 2.45) is 5.92 Å². The summed E-state index contributed by atoms with van der Waals surface area (Å²) in [5.74, 6) is -1.75. The topological polar surface area (TPSA) is 46.6 Å². The summed E-state index contributed by atoms with van der Waals surface area (Å²) in [6, 6.07) is 6.70. The summed E-state index contributed by atoms with van der Waals surface area (Å²) in [5.41, 5.74) is -2.61. The summed E-state index contributed by atoms with van der Waals surface area (Å²) in [7, 11) is 0. The van der Waals surface area contributed by atoms with E-state index in [-0.39, 0.29) is 49.3 Å². The number of nitrogens with zero attached hydrogens (tertiary/aromatic N) is 1. The van der Waals surface area contributed by atoms with Crippen LogP contribution in [0.15, 0.2) is 42.5 Å². The Hall–Kier alpha value is -2.95. The second-order valence-electron chi connectivity index (χ2n) is 9.20. The van der Waals surface area contributed by atoms with Crippen molar-refractivity contribution in [1.29, 1.82) is 0 Å². The molecule has 1 saturated heterocycles. The quantitative estimate of drug-likeness (QED) is 0.463. The number of benzene rings is 2. The molecular formula is C25H22F7NO3. The van der Waals surface area contributed by atoms with Gasteiger partial charge in [0.1, 0.15) is 11.6 Å². The number of carbonyl (C=O) groups excluding carboxylic acids is 2. The number of Topliss-reactive ketones (excluding diaryl/α,β-unsaturated/α-hetero) is 1. The Bertz CT molecular complexity index is 1100. The molecule has 0 aromatic heterocycles. The largest absolute Gasteiger partial charge is 0.416 e. The zero-order valence-electron chi connectivity index (χ0n) is 19.0. The smallest absolute Gasteiger partial charge is 0.368 e.